The van der Waals surface area contributed by atoms with Crippen LogP contribution in [0.1, 0.15) is 27.7 Å². The van der Waals surface area contributed by atoms with E-state index < -0.39 is 5.82 Å². The van der Waals surface area contributed by atoms with E-state index in [9.17, 15) is 4.39 Å². The van der Waals surface area contributed by atoms with E-state index in [1.54, 1.807) is 12.4 Å². The number of piperazine rings is 1. The lowest BCUT2D eigenvalue weighted by Crippen LogP contribution is -2.55. The maximum Gasteiger partial charge on any atom is 0.167 e. The Morgan fingerprint density at radius 2 is 1.86 bits per heavy atom. The molecule has 7 nitrogen and oxygen atoms in total. The average Bonchev–Trinajstić information content (AvgIpc) is 3.08. The van der Waals surface area contributed by atoms with Gasteiger partial charge in [0.1, 0.15) is 17.8 Å². The Hall–Kier alpha value is -2.74. The number of nitrogens with zero attached hydrogens (tertiary/aromatic N) is 5. The molecule has 1 saturated heterocycles. The number of nitrogens with one attached hydrogen (secondary N) is 1. The second kappa shape index (κ2) is 7.59. The van der Waals surface area contributed by atoms with Crippen molar-refractivity contribution in [1.82, 2.24) is 25.1 Å². The third-order valence-electron chi connectivity index (χ3n) is 5.56. The van der Waals surface area contributed by atoms with Gasteiger partial charge in [-0.2, -0.15) is 5.10 Å². The molecule has 1 unspecified atom stereocenters. The molecule has 2 aromatic heterocycles. The predicted molar refractivity (Wildman–Crippen MR) is 112 cm³/mol. The number of anilines is 1. The first-order valence-electron chi connectivity index (χ1n) is 9.97. The van der Waals surface area contributed by atoms with Gasteiger partial charge in [0.2, 0.25) is 0 Å². The van der Waals surface area contributed by atoms with Gasteiger partial charge in [-0.3, -0.25) is 10.00 Å². The molecule has 4 rings (SSSR count). The monoisotopic (exact) mass is 398 g/mol. The summed E-state index contributed by atoms with van der Waals surface area (Å²) in [6.07, 6.45) is 1.44. The zero-order valence-corrected chi connectivity index (χ0v) is 17.5. The van der Waals surface area contributed by atoms with Crippen molar-refractivity contribution >= 4 is 16.7 Å². The second-order valence-corrected chi connectivity index (χ2v) is 8.10. The Bertz CT molecular complexity index is 1010. The summed E-state index contributed by atoms with van der Waals surface area (Å²) < 4.78 is 19.9. The summed E-state index contributed by atoms with van der Waals surface area (Å²) in [5, 5.41) is 8.06. The summed E-state index contributed by atoms with van der Waals surface area (Å²) in [6.45, 7) is 9.98. The Balaban J connectivity index is 1.70. The maximum atomic E-state index is 14.3. The number of likely N-dealkylation sites (N-methyl/N-ethyl adjacent to an activating group) is 1. The molecule has 0 saturated carbocycles. The van der Waals surface area contributed by atoms with E-state index in [2.05, 4.69) is 50.9 Å². The van der Waals surface area contributed by atoms with Gasteiger partial charge in [-0.1, -0.05) is 0 Å². The first-order chi connectivity index (χ1) is 13.8. The Kier molecular flexibility index (Phi) is 5.12. The largest absolute Gasteiger partial charge is 0.488 e. The molecule has 1 aromatic carbocycles. The number of hydrogen-bond donors (Lipinski definition) is 1. The quantitative estimate of drug-likeness (QED) is 0.726. The molecule has 1 aliphatic rings. The summed E-state index contributed by atoms with van der Waals surface area (Å²) in [5.74, 6) is 0.676. The molecule has 154 valence electrons. The third kappa shape index (κ3) is 3.76. The lowest BCUT2D eigenvalue weighted by atomic mass is 10.1. The van der Waals surface area contributed by atoms with Gasteiger partial charge in [-0.25, -0.2) is 14.4 Å². The van der Waals surface area contributed by atoms with Crippen molar-refractivity contribution in [2.24, 2.45) is 0 Å². The number of hydrogen-bond acceptors (Lipinski definition) is 6. The fourth-order valence-corrected chi connectivity index (χ4v) is 3.80. The van der Waals surface area contributed by atoms with Gasteiger partial charge in [-0.15, -0.1) is 0 Å². The molecule has 0 aliphatic carbocycles. The highest BCUT2D eigenvalue weighted by molar-refractivity contribution is 5.93. The van der Waals surface area contributed by atoms with Gasteiger partial charge < -0.3 is 9.64 Å². The van der Waals surface area contributed by atoms with E-state index >= 15 is 0 Å². The smallest absolute Gasteiger partial charge is 0.167 e. The predicted octanol–water partition coefficient (Wildman–Crippen LogP) is 3.48. The topological polar surface area (TPSA) is 70.2 Å². The minimum atomic E-state index is -0.412. The van der Waals surface area contributed by atoms with Crippen LogP contribution in [0.4, 0.5) is 10.2 Å². The van der Waals surface area contributed by atoms with E-state index in [-0.39, 0.29) is 11.9 Å². The molecule has 0 bridgehead atoms. The molecule has 3 heterocycles. The summed E-state index contributed by atoms with van der Waals surface area (Å²) in [4.78, 5) is 13.6. The molecule has 2 atom stereocenters. The van der Waals surface area contributed by atoms with Crippen LogP contribution >= 0.6 is 0 Å². The van der Waals surface area contributed by atoms with Crippen molar-refractivity contribution in [3.8, 4) is 17.1 Å². The number of ether oxygens (including phenoxy) is 1. The van der Waals surface area contributed by atoms with Gasteiger partial charge in [0.05, 0.1) is 17.3 Å². The standard InChI is InChI=1S/C21H27FN6O/c1-12(2)29-19-6-15-17(7-16(19)22)25-26-21(15)18-8-20(24-11-23-18)28-9-13(3)27(5)14(4)10-28/h6-8,11-14H,9-10H2,1-5H3,(H,25,26)/t13-,14?/m1/s1. The minimum Gasteiger partial charge on any atom is -0.488 e. The number of aromatic nitrogens is 4. The maximum absolute atomic E-state index is 14.3. The summed E-state index contributed by atoms with van der Waals surface area (Å²) >= 11 is 0. The molecular formula is C21H27FN6O. The van der Waals surface area contributed by atoms with Crippen molar-refractivity contribution < 1.29 is 9.13 Å². The Labute approximate surface area is 169 Å². The highest BCUT2D eigenvalue weighted by atomic mass is 19.1. The highest BCUT2D eigenvalue weighted by Crippen LogP contribution is 2.32. The SMILES string of the molecule is CC(C)Oc1cc2c(-c3cc(N4CC(C)N(C)[C@H](C)C4)ncn3)n[nH]c2cc1F. The van der Waals surface area contributed by atoms with Gasteiger partial charge in [0.15, 0.2) is 11.6 Å². The molecule has 0 amide bonds. The molecule has 1 aliphatic heterocycles. The van der Waals surface area contributed by atoms with Crippen molar-refractivity contribution in [3.05, 3.63) is 30.3 Å². The normalized spacial score (nSPS) is 20.6. The van der Waals surface area contributed by atoms with Crippen molar-refractivity contribution in [2.45, 2.75) is 45.9 Å². The molecular weight excluding hydrogens is 371 g/mol. The zero-order chi connectivity index (χ0) is 20.7. The van der Waals surface area contributed by atoms with Gasteiger partial charge in [-0.05, 0) is 40.8 Å². The van der Waals surface area contributed by atoms with Gasteiger partial charge in [0.25, 0.3) is 0 Å². The Morgan fingerprint density at radius 3 is 2.55 bits per heavy atom. The number of aromatic amines is 1. The van der Waals surface area contributed by atoms with Crippen LogP contribution in [-0.2, 0) is 0 Å². The average molecular weight is 398 g/mol. The number of halogens is 1. The van der Waals surface area contributed by atoms with Gasteiger partial charge in [0, 0.05) is 42.7 Å². The molecule has 0 radical (unpaired) electrons. The highest BCUT2D eigenvalue weighted by Gasteiger charge is 2.27. The van der Waals surface area contributed by atoms with Crippen LogP contribution in [0.3, 0.4) is 0 Å². The lowest BCUT2D eigenvalue weighted by molar-refractivity contribution is 0.169. The molecule has 1 N–H and O–H groups in total. The lowest BCUT2D eigenvalue weighted by Gasteiger charge is -2.42. The van der Waals surface area contributed by atoms with Crippen LogP contribution in [-0.4, -0.2) is 63.4 Å². The molecule has 0 spiro atoms. The van der Waals surface area contributed by atoms with Crippen LogP contribution in [0.25, 0.3) is 22.3 Å². The van der Waals surface area contributed by atoms with Gasteiger partial charge >= 0.3 is 0 Å². The fourth-order valence-electron chi connectivity index (χ4n) is 3.80. The van der Waals surface area contributed by atoms with Crippen LogP contribution in [0.5, 0.6) is 5.75 Å². The summed E-state index contributed by atoms with van der Waals surface area (Å²) in [6, 6.07) is 5.91. The second-order valence-electron chi connectivity index (χ2n) is 8.10. The van der Waals surface area contributed by atoms with Crippen molar-refractivity contribution in [3.63, 3.8) is 0 Å². The Morgan fingerprint density at radius 1 is 1.14 bits per heavy atom. The molecule has 3 aromatic rings. The molecule has 1 fully saturated rings. The molecule has 29 heavy (non-hydrogen) atoms. The first-order valence-corrected chi connectivity index (χ1v) is 9.97. The minimum absolute atomic E-state index is 0.121. The van der Waals surface area contributed by atoms with Crippen LogP contribution in [0.2, 0.25) is 0 Å². The number of benzene rings is 1. The number of rotatable bonds is 4. The van der Waals surface area contributed by atoms with Crippen LogP contribution < -0.4 is 9.64 Å². The van der Waals surface area contributed by atoms with E-state index in [1.165, 1.54) is 6.07 Å². The van der Waals surface area contributed by atoms with Crippen LogP contribution in [0, 0.1) is 5.82 Å². The van der Waals surface area contributed by atoms with E-state index in [1.807, 2.05) is 19.9 Å². The number of fused-ring (bicyclic) bond motifs is 1. The summed E-state index contributed by atoms with van der Waals surface area (Å²) in [5.41, 5.74) is 1.96. The van der Waals surface area contributed by atoms with E-state index in [0.29, 0.717) is 29.0 Å². The third-order valence-corrected chi connectivity index (χ3v) is 5.56. The van der Waals surface area contributed by atoms with Crippen molar-refractivity contribution in [1.29, 1.82) is 0 Å². The van der Waals surface area contributed by atoms with E-state index in [4.69, 9.17) is 4.74 Å². The first kappa shape index (κ1) is 19.6. The summed E-state index contributed by atoms with van der Waals surface area (Å²) in [7, 11) is 2.16. The fraction of sp³-hybridized carbons (Fsp3) is 0.476. The van der Waals surface area contributed by atoms with Crippen LogP contribution in [0.15, 0.2) is 24.5 Å². The van der Waals surface area contributed by atoms with E-state index in [0.717, 1.165) is 24.3 Å². The zero-order valence-electron chi connectivity index (χ0n) is 17.5. The molecule has 8 heteroatoms. The number of H-pyrrole nitrogens is 1. The van der Waals surface area contributed by atoms with Crippen molar-refractivity contribution in [2.75, 3.05) is 25.0 Å².